The summed E-state index contributed by atoms with van der Waals surface area (Å²) < 4.78 is 7.22. The lowest BCUT2D eigenvalue weighted by Gasteiger charge is -2.34. The SMILES string of the molecule is CNC(=O)[C@H]1CN(C(=O)Cn2ncc(=O)c3ccccc32)c2ccccc2O1. The van der Waals surface area contributed by atoms with Crippen molar-refractivity contribution in [1.82, 2.24) is 15.1 Å². The van der Waals surface area contributed by atoms with E-state index >= 15 is 0 Å². The maximum atomic E-state index is 13.1. The van der Waals surface area contributed by atoms with Gasteiger partial charge in [0.25, 0.3) is 5.91 Å². The van der Waals surface area contributed by atoms with E-state index in [0.717, 1.165) is 0 Å². The molecule has 1 atom stereocenters. The highest BCUT2D eigenvalue weighted by molar-refractivity contribution is 5.97. The van der Waals surface area contributed by atoms with Gasteiger partial charge in [-0.25, -0.2) is 0 Å². The van der Waals surface area contributed by atoms with Gasteiger partial charge in [-0.1, -0.05) is 24.3 Å². The van der Waals surface area contributed by atoms with Crippen molar-refractivity contribution in [3.05, 3.63) is 65.0 Å². The van der Waals surface area contributed by atoms with Crippen molar-refractivity contribution in [1.29, 1.82) is 0 Å². The molecule has 0 fully saturated rings. The molecule has 8 nitrogen and oxygen atoms in total. The molecular formula is C20H18N4O4. The first kappa shape index (κ1) is 17.7. The maximum absolute atomic E-state index is 13.1. The summed E-state index contributed by atoms with van der Waals surface area (Å²) in [6.07, 6.45) is 0.401. The highest BCUT2D eigenvalue weighted by Crippen LogP contribution is 2.33. The van der Waals surface area contributed by atoms with E-state index in [9.17, 15) is 14.4 Å². The lowest BCUT2D eigenvalue weighted by molar-refractivity contribution is -0.128. The van der Waals surface area contributed by atoms with Crippen molar-refractivity contribution < 1.29 is 14.3 Å². The molecule has 1 N–H and O–H groups in total. The number of aromatic nitrogens is 2. The van der Waals surface area contributed by atoms with Gasteiger partial charge in [0, 0.05) is 12.4 Å². The Kier molecular flexibility index (Phi) is 4.52. The van der Waals surface area contributed by atoms with Crippen LogP contribution in [0.15, 0.2) is 59.5 Å². The van der Waals surface area contributed by atoms with Gasteiger partial charge in [-0.05, 0) is 24.3 Å². The van der Waals surface area contributed by atoms with Gasteiger partial charge in [0.15, 0.2) is 6.10 Å². The first-order chi connectivity index (χ1) is 13.6. The molecule has 3 aromatic rings. The van der Waals surface area contributed by atoms with Crippen LogP contribution in [0.4, 0.5) is 5.69 Å². The van der Waals surface area contributed by atoms with E-state index < -0.39 is 6.10 Å². The van der Waals surface area contributed by atoms with E-state index in [1.54, 1.807) is 48.5 Å². The number of carbonyl (C=O) groups excluding carboxylic acids is 2. The number of fused-ring (bicyclic) bond motifs is 2. The predicted molar refractivity (Wildman–Crippen MR) is 103 cm³/mol. The number of nitrogens with one attached hydrogen (secondary N) is 1. The largest absolute Gasteiger partial charge is 0.477 e. The zero-order valence-corrected chi connectivity index (χ0v) is 15.2. The summed E-state index contributed by atoms with van der Waals surface area (Å²) in [4.78, 5) is 38.7. The molecule has 2 amide bonds. The number of likely N-dealkylation sites (N-methyl/N-ethyl adjacent to an activating group) is 1. The van der Waals surface area contributed by atoms with Gasteiger partial charge in [0.2, 0.25) is 11.3 Å². The van der Waals surface area contributed by atoms with Crippen LogP contribution in [0.3, 0.4) is 0 Å². The van der Waals surface area contributed by atoms with E-state index in [0.29, 0.717) is 22.3 Å². The van der Waals surface area contributed by atoms with Crippen molar-refractivity contribution in [2.45, 2.75) is 12.6 Å². The Labute approximate surface area is 160 Å². The molecule has 28 heavy (non-hydrogen) atoms. The molecule has 0 radical (unpaired) electrons. The minimum absolute atomic E-state index is 0.0738. The molecule has 0 saturated carbocycles. The number of rotatable bonds is 3. The highest BCUT2D eigenvalue weighted by atomic mass is 16.5. The summed E-state index contributed by atoms with van der Waals surface area (Å²) >= 11 is 0. The first-order valence-electron chi connectivity index (χ1n) is 8.81. The van der Waals surface area contributed by atoms with Gasteiger partial charge >= 0.3 is 0 Å². The van der Waals surface area contributed by atoms with Crippen LogP contribution >= 0.6 is 0 Å². The third-order valence-electron chi connectivity index (χ3n) is 4.66. The second kappa shape index (κ2) is 7.15. The fourth-order valence-corrected chi connectivity index (χ4v) is 3.27. The summed E-state index contributed by atoms with van der Waals surface area (Å²) in [5.74, 6) is -0.0985. The van der Waals surface area contributed by atoms with E-state index in [-0.39, 0.29) is 30.3 Å². The number of amides is 2. The number of hydrogen-bond acceptors (Lipinski definition) is 5. The van der Waals surface area contributed by atoms with Gasteiger partial charge in [0.1, 0.15) is 12.3 Å². The van der Waals surface area contributed by atoms with Crippen molar-refractivity contribution in [3.63, 3.8) is 0 Å². The van der Waals surface area contributed by atoms with E-state index in [1.807, 2.05) is 0 Å². The Hall–Kier alpha value is -3.68. The van der Waals surface area contributed by atoms with Crippen LogP contribution in [-0.2, 0) is 16.1 Å². The standard InChI is InChI=1S/C20H18N4O4/c1-21-20(27)18-11-23(15-8-4-5-9-17(15)28-18)19(26)12-24-14-7-3-2-6-13(14)16(25)10-22-24/h2-10,18H,11-12H2,1H3,(H,21,27)/t18-/m1/s1. The third kappa shape index (κ3) is 3.09. The Balaban J connectivity index is 1.69. The molecule has 1 aromatic heterocycles. The number of para-hydroxylation sites is 3. The second-order valence-electron chi connectivity index (χ2n) is 6.38. The number of hydrogen-bond donors (Lipinski definition) is 1. The Morgan fingerprint density at radius 1 is 1.18 bits per heavy atom. The van der Waals surface area contributed by atoms with Crippen LogP contribution in [0, 0.1) is 0 Å². The second-order valence-corrected chi connectivity index (χ2v) is 6.38. The number of carbonyl (C=O) groups is 2. The summed E-state index contributed by atoms with van der Waals surface area (Å²) in [5.41, 5.74) is 0.974. The van der Waals surface area contributed by atoms with E-state index in [1.165, 1.54) is 22.8 Å². The fraction of sp³-hybridized carbons (Fsp3) is 0.200. The van der Waals surface area contributed by atoms with Crippen LogP contribution in [-0.4, -0.2) is 41.3 Å². The van der Waals surface area contributed by atoms with Gasteiger partial charge in [-0.15, -0.1) is 0 Å². The Morgan fingerprint density at radius 2 is 1.93 bits per heavy atom. The van der Waals surface area contributed by atoms with Gasteiger partial charge < -0.3 is 15.0 Å². The molecule has 4 rings (SSSR count). The Bertz CT molecular complexity index is 1120. The van der Waals surface area contributed by atoms with Crippen molar-refractivity contribution in [2.75, 3.05) is 18.5 Å². The van der Waals surface area contributed by atoms with Crippen LogP contribution in [0.2, 0.25) is 0 Å². The molecule has 0 bridgehead atoms. The van der Waals surface area contributed by atoms with Gasteiger partial charge in [-0.3, -0.25) is 19.1 Å². The minimum Gasteiger partial charge on any atom is -0.477 e. The van der Waals surface area contributed by atoms with E-state index in [4.69, 9.17) is 4.74 Å². The first-order valence-corrected chi connectivity index (χ1v) is 8.81. The van der Waals surface area contributed by atoms with Crippen LogP contribution in [0.5, 0.6) is 5.75 Å². The number of ether oxygens (including phenoxy) is 1. The fourth-order valence-electron chi connectivity index (χ4n) is 3.27. The molecular weight excluding hydrogens is 360 g/mol. The summed E-state index contributed by atoms with van der Waals surface area (Å²) in [7, 11) is 1.52. The topological polar surface area (TPSA) is 93.5 Å². The molecule has 0 unspecified atom stereocenters. The van der Waals surface area contributed by atoms with Crippen molar-refractivity contribution >= 4 is 28.4 Å². The molecule has 1 aliphatic heterocycles. The predicted octanol–water partition coefficient (Wildman–Crippen LogP) is 0.937. The van der Waals surface area contributed by atoms with E-state index in [2.05, 4.69) is 10.4 Å². The summed E-state index contributed by atoms with van der Waals surface area (Å²) in [6, 6.07) is 14.1. The highest BCUT2D eigenvalue weighted by Gasteiger charge is 2.33. The zero-order chi connectivity index (χ0) is 19.7. The molecule has 0 aliphatic carbocycles. The molecule has 2 aromatic carbocycles. The molecule has 1 aliphatic rings. The maximum Gasteiger partial charge on any atom is 0.262 e. The summed E-state index contributed by atoms with van der Waals surface area (Å²) in [5, 5.41) is 7.16. The lowest BCUT2D eigenvalue weighted by atomic mass is 10.1. The average Bonchev–Trinajstić information content (AvgIpc) is 2.74. The molecule has 0 spiro atoms. The molecule has 8 heteroatoms. The summed E-state index contributed by atoms with van der Waals surface area (Å²) in [6.45, 7) is 0.0171. The normalized spacial score (nSPS) is 15.6. The minimum atomic E-state index is -0.803. The zero-order valence-electron chi connectivity index (χ0n) is 15.2. The molecule has 2 heterocycles. The van der Waals surface area contributed by atoms with Crippen molar-refractivity contribution in [2.24, 2.45) is 0 Å². The number of benzene rings is 2. The van der Waals surface area contributed by atoms with Gasteiger partial charge in [-0.2, -0.15) is 5.10 Å². The van der Waals surface area contributed by atoms with Crippen LogP contribution in [0.1, 0.15) is 0 Å². The monoisotopic (exact) mass is 378 g/mol. The number of nitrogens with zero attached hydrogens (tertiary/aromatic N) is 3. The average molecular weight is 378 g/mol. The van der Waals surface area contributed by atoms with Crippen LogP contribution < -0.4 is 20.4 Å². The van der Waals surface area contributed by atoms with Crippen molar-refractivity contribution in [3.8, 4) is 5.75 Å². The van der Waals surface area contributed by atoms with Gasteiger partial charge in [0.05, 0.1) is 23.9 Å². The molecule has 0 saturated heterocycles. The quantitative estimate of drug-likeness (QED) is 0.732. The number of anilines is 1. The Morgan fingerprint density at radius 3 is 2.75 bits per heavy atom. The van der Waals surface area contributed by atoms with Crippen LogP contribution in [0.25, 0.3) is 10.9 Å². The lowest BCUT2D eigenvalue weighted by Crippen LogP contribution is -2.50. The smallest absolute Gasteiger partial charge is 0.262 e. The molecule has 142 valence electrons. The third-order valence-corrected chi connectivity index (χ3v) is 4.66.